The molecule has 0 bridgehead atoms. The van der Waals surface area contributed by atoms with Gasteiger partial charge in [-0.2, -0.15) is 0 Å². The van der Waals surface area contributed by atoms with Crippen LogP contribution in [0.5, 0.6) is 0 Å². The molecule has 27 heavy (non-hydrogen) atoms. The lowest BCUT2D eigenvalue weighted by Gasteiger charge is -2.16. The molecule has 1 N–H and O–H groups in total. The van der Waals surface area contributed by atoms with E-state index in [2.05, 4.69) is 88.0 Å². The van der Waals surface area contributed by atoms with Crippen molar-refractivity contribution < 1.29 is 0 Å². The first-order valence-corrected chi connectivity index (χ1v) is 9.85. The quantitative estimate of drug-likeness (QED) is 0.341. The van der Waals surface area contributed by atoms with E-state index in [9.17, 15) is 0 Å². The average molecular weight is 435 g/mol. The minimum absolute atomic E-state index is 0.704. The number of rotatable bonds is 4. The number of benzene rings is 4. The molecule has 4 rings (SSSR count). The summed E-state index contributed by atoms with van der Waals surface area (Å²) in [4.78, 5) is 0. The fourth-order valence-electron chi connectivity index (χ4n) is 3.06. The maximum Gasteiger partial charge on any atom is 0.0529 e. The van der Waals surface area contributed by atoms with Gasteiger partial charge in [0, 0.05) is 20.7 Å². The summed E-state index contributed by atoms with van der Waals surface area (Å²) in [5.41, 5.74) is 6.73. The topological polar surface area (TPSA) is 12.0 Å². The largest absolute Gasteiger partial charge is 0.354 e. The van der Waals surface area contributed by atoms with Gasteiger partial charge in [-0.25, -0.2) is 0 Å². The van der Waals surface area contributed by atoms with Crippen molar-refractivity contribution in [2.75, 3.05) is 5.32 Å². The van der Waals surface area contributed by atoms with E-state index >= 15 is 0 Å². The Morgan fingerprint density at radius 2 is 1.22 bits per heavy atom. The third-order valence-electron chi connectivity index (χ3n) is 4.41. The molecule has 0 aliphatic carbocycles. The highest BCUT2D eigenvalue weighted by Gasteiger charge is 2.10. The van der Waals surface area contributed by atoms with Gasteiger partial charge in [0.2, 0.25) is 0 Å². The fourth-order valence-corrected chi connectivity index (χ4v) is 3.84. The third kappa shape index (κ3) is 4.08. The van der Waals surface area contributed by atoms with Crippen LogP contribution in [0.2, 0.25) is 5.02 Å². The Balaban J connectivity index is 1.81. The van der Waals surface area contributed by atoms with E-state index in [0.717, 1.165) is 21.4 Å². The Morgan fingerprint density at radius 3 is 1.89 bits per heavy atom. The van der Waals surface area contributed by atoms with Gasteiger partial charge in [-0.15, -0.1) is 0 Å². The van der Waals surface area contributed by atoms with Crippen LogP contribution in [0.4, 0.5) is 11.4 Å². The molecule has 0 heterocycles. The molecule has 0 spiro atoms. The first-order chi connectivity index (χ1) is 13.2. The summed E-state index contributed by atoms with van der Waals surface area (Å²) >= 11 is 9.67. The molecule has 0 atom stereocenters. The second kappa shape index (κ2) is 7.99. The van der Waals surface area contributed by atoms with Crippen molar-refractivity contribution in [3.63, 3.8) is 0 Å². The molecule has 0 saturated carbocycles. The Hall–Kier alpha value is -2.55. The minimum atomic E-state index is 0.704. The van der Waals surface area contributed by atoms with Gasteiger partial charge in [0.25, 0.3) is 0 Å². The van der Waals surface area contributed by atoms with Crippen molar-refractivity contribution in [1.82, 2.24) is 0 Å². The van der Waals surface area contributed by atoms with Crippen LogP contribution >= 0.6 is 27.5 Å². The molecule has 3 heteroatoms. The molecule has 0 aliphatic heterocycles. The van der Waals surface area contributed by atoms with Gasteiger partial charge in [-0.05, 0) is 63.0 Å². The zero-order valence-electron chi connectivity index (χ0n) is 14.5. The Kier molecular flexibility index (Phi) is 5.28. The maximum atomic E-state index is 6.08. The molecule has 0 unspecified atom stereocenters. The normalized spacial score (nSPS) is 10.6. The highest BCUT2D eigenvalue weighted by atomic mass is 79.9. The van der Waals surface area contributed by atoms with Crippen molar-refractivity contribution in [3.8, 4) is 22.3 Å². The summed E-state index contributed by atoms with van der Waals surface area (Å²) in [7, 11) is 0. The smallest absolute Gasteiger partial charge is 0.0529 e. The van der Waals surface area contributed by atoms with Crippen LogP contribution in [0.3, 0.4) is 0 Å². The Bertz CT molecular complexity index is 1060. The number of anilines is 2. The predicted molar refractivity (Wildman–Crippen MR) is 120 cm³/mol. The van der Waals surface area contributed by atoms with Crippen molar-refractivity contribution in [1.29, 1.82) is 0 Å². The maximum absolute atomic E-state index is 6.08. The number of hydrogen-bond donors (Lipinski definition) is 1. The van der Waals surface area contributed by atoms with Gasteiger partial charge in [0.05, 0.1) is 5.69 Å². The van der Waals surface area contributed by atoms with Crippen LogP contribution in [0, 0.1) is 0 Å². The minimum Gasteiger partial charge on any atom is -0.354 e. The number of nitrogens with one attached hydrogen (secondary N) is 1. The van der Waals surface area contributed by atoms with E-state index in [-0.39, 0.29) is 0 Å². The first kappa shape index (κ1) is 17.8. The molecule has 1 nitrogen and oxygen atoms in total. The zero-order valence-corrected chi connectivity index (χ0v) is 16.8. The molecule has 0 saturated heterocycles. The van der Waals surface area contributed by atoms with E-state index in [0.29, 0.717) is 5.02 Å². The van der Waals surface area contributed by atoms with E-state index in [1.807, 2.05) is 30.3 Å². The first-order valence-electron chi connectivity index (χ1n) is 8.68. The highest BCUT2D eigenvalue weighted by Crippen LogP contribution is 2.36. The van der Waals surface area contributed by atoms with Gasteiger partial charge >= 0.3 is 0 Å². The van der Waals surface area contributed by atoms with Gasteiger partial charge < -0.3 is 5.32 Å². The summed E-state index contributed by atoms with van der Waals surface area (Å²) in [6, 6.07) is 33.1. The standard InChI is InChI=1S/C24H17BrClN/c25-22-16-20(26)12-14-24(22)27-23-13-11-19(17-7-3-1-4-8-17)15-21(23)18-9-5-2-6-10-18/h1-16,27H. The van der Waals surface area contributed by atoms with Crippen LogP contribution in [-0.4, -0.2) is 0 Å². The molecular formula is C24H17BrClN. The van der Waals surface area contributed by atoms with Gasteiger partial charge in [0.15, 0.2) is 0 Å². The highest BCUT2D eigenvalue weighted by molar-refractivity contribution is 9.10. The van der Waals surface area contributed by atoms with Gasteiger partial charge in [-0.3, -0.25) is 0 Å². The molecule has 0 aromatic heterocycles. The van der Waals surface area contributed by atoms with Crippen LogP contribution < -0.4 is 5.32 Å². The summed E-state index contributed by atoms with van der Waals surface area (Å²) in [6.45, 7) is 0. The molecule has 0 amide bonds. The van der Waals surface area contributed by atoms with Crippen molar-refractivity contribution in [2.45, 2.75) is 0 Å². The van der Waals surface area contributed by atoms with E-state index < -0.39 is 0 Å². The van der Waals surface area contributed by atoms with E-state index in [4.69, 9.17) is 11.6 Å². The van der Waals surface area contributed by atoms with Crippen LogP contribution in [0.15, 0.2) is 102 Å². The lowest BCUT2D eigenvalue weighted by atomic mass is 9.97. The average Bonchev–Trinajstić information content (AvgIpc) is 2.71. The molecule has 4 aromatic rings. The fraction of sp³-hybridized carbons (Fsp3) is 0. The number of hydrogen-bond acceptors (Lipinski definition) is 1. The predicted octanol–water partition coefficient (Wildman–Crippen LogP) is 8.18. The summed E-state index contributed by atoms with van der Waals surface area (Å²) in [5, 5.41) is 4.24. The molecule has 4 aromatic carbocycles. The SMILES string of the molecule is Clc1ccc(Nc2ccc(-c3ccccc3)cc2-c2ccccc2)c(Br)c1. The zero-order chi connectivity index (χ0) is 18.6. The van der Waals surface area contributed by atoms with E-state index in [1.54, 1.807) is 0 Å². The van der Waals surface area contributed by atoms with E-state index in [1.165, 1.54) is 16.7 Å². The van der Waals surface area contributed by atoms with Gasteiger partial charge in [0.1, 0.15) is 0 Å². The molecule has 0 fully saturated rings. The van der Waals surface area contributed by atoms with Crippen LogP contribution in [0.1, 0.15) is 0 Å². The van der Waals surface area contributed by atoms with Crippen LogP contribution in [0.25, 0.3) is 22.3 Å². The van der Waals surface area contributed by atoms with Gasteiger partial charge in [-0.1, -0.05) is 78.3 Å². The second-order valence-electron chi connectivity index (χ2n) is 6.24. The third-order valence-corrected chi connectivity index (χ3v) is 5.30. The lowest BCUT2D eigenvalue weighted by Crippen LogP contribution is -1.95. The number of halogens is 2. The summed E-state index contributed by atoms with van der Waals surface area (Å²) in [6.07, 6.45) is 0. The van der Waals surface area contributed by atoms with Crippen molar-refractivity contribution in [2.24, 2.45) is 0 Å². The second-order valence-corrected chi connectivity index (χ2v) is 7.53. The molecular weight excluding hydrogens is 418 g/mol. The Morgan fingerprint density at radius 1 is 0.593 bits per heavy atom. The molecule has 0 aliphatic rings. The lowest BCUT2D eigenvalue weighted by molar-refractivity contribution is 1.51. The van der Waals surface area contributed by atoms with Crippen molar-refractivity contribution >= 4 is 38.9 Å². The molecule has 0 radical (unpaired) electrons. The molecule has 132 valence electrons. The summed E-state index contributed by atoms with van der Waals surface area (Å²) in [5.74, 6) is 0. The van der Waals surface area contributed by atoms with Crippen LogP contribution in [-0.2, 0) is 0 Å². The monoisotopic (exact) mass is 433 g/mol. The summed E-state index contributed by atoms with van der Waals surface area (Å²) < 4.78 is 0.932. The Labute approximate surface area is 172 Å². The van der Waals surface area contributed by atoms with Crippen molar-refractivity contribution in [3.05, 3.63) is 107 Å².